The molecule has 0 spiro atoms. The number of aromatic nitrogens is 1. The number of unbranched alkanes of at least 4 members (excludes halogenated alkanes) is 2. The highest BCUT2D eigenvalue weighted by Gasteiger charge is 2.07. The monoisotopic (exact) mass is 340 g/mol. The SMILES string of the molecule is CCCCCNc1ccc(C(=O)Nc2ccc(NC(C)=O)cc2)cn1. The number of amides is 2. The van der Waals surface area contributed by atoms with Crippen LogP contribution in [0.3, 0.4) is 0 Å². The molecular formula is C19H24N4O2. The van der Waals surface area contributed by atoms with Crippen molar-refractivity contribution in [3.05, 3.63) is 48.2 Å². The maximum absolute atomic E-state index is 12.2. The van der Waals surface area contributed by atoms with Crippen LogP contribution in [0.2, 0.25) is 0 Å². The van der Waals surface area contributed by atoms with Crippen LogP contribution in [-0.2, 0) is 4.79 Å². The second-order valence-electron chi connectivity index (χ2n) is 5.78. The number of carbonyl (C=O) groups excluding carboxylic acids is 2. The molecule has 132 valence electrons. The summed E-state index contributed by atoms with van der Waals surface area (Å²) in [4.78, 5) is 27.5. The van der Waals surface area contributed by atoms with Gasteiger partial charge >= 0.3 is 0 Å². The summed E-state index contributed by atoms with van der Waals surface area (Å²) in [7, 11) is 0. The molecule has 0 radical (unpaired) electrons. The van der Waals surface area contributed by atoms with Crippen molar-refractivity contribution in [1.29, 1.82) is 0 Å². The first-order chi connectivity index (χ1) is 12.1. The quantitative estimate of drug-likeness (QED) is 0.637. The average Bonchev–Trinajstić information content (AvgIpc) is 2.60. The van der Waals surface area contributed by atoms with E-state index in [0.717, 1.165) is 18.8 Å². The standard InChI is InChI=1S/C19H24N4O2/c1-3-4-5-12-20-18-11-6-15(13-21-18)19(25)23-17-9-7-16(8-10-17)22-14(2)24/h6-11,13H,3-5,12H2,1-2H3,(H,20,21)(H,22,24)(H,23,25). The number of benzene rings is 1. The first-order valence-corrected chi connectivity index (χ1v) is 8.47. The Morgan fingerprint density at radius 1 is 0.960 bits per heavy atom. The van der Waals surface area contributed by atoms with E-state index in [2.05, 4.69) is 27.9 Å². The minimum absolute atomic E-state index is 0.133. The van der Waals surface area contributed by atoms with Gasteiger partial charge < -0.3 is 16.0 Å². The van der Waals surface area contributed by atoms with Crippen molar-refractivity contribution < 1.29 is 9.59 Å². The van der Waals surface area contributed by atoms with E-state index in [0.29, 0.717) is 16.9 Å². The molecule has 1 heterocycles. The van der Waals surface area contributed by atoms with E-state index < -0.39 is 0 Å². The van der Waals surface area contributed by atoms with Gasteiger partial charge in [-0.05, 0) is 42.8 Å². The average molecular weight is 340 g/mol. The Hall–Kier alpha value is -2.89. The van der Waals surface area contributed by atoms with Crippen LogP contribution < -0.4 is 16.0 Å². The number of hydrogen-bond acceptors (Lipinski definition) is 4. The van der Waals surface area contributed by atoms with Crippen molar-refractivity contribution in [1.82, 2.24) is 4.98 Å². The predicted octanol–water partition coefficient (Wildman–Crippen LogP) is 3.89. The molecule has 25 heavy (non-hydrogen) atoms. The minimum atomic E-state index is -0.225. The van der Waals surface area contributed by atoms with Crippen LogP contribution in [0.25, 0.3) is 0 Å². The molecule has 1 aromatic carbocycles. The summed E-state index contributed by atoms with van der Waals surface area (Å²) < 4.78 is 0. The first kappa shape index (κ1) is 18.4. The molecule has 0 fully saturated rings. The summed E-state index contributed by atoms with van der Waals surface area (Å²) in [6.45, 7) is 4.50. The summed E-state index contributed by atoms with van der Waals surface area (Å²) in [6, 6.07) is 10.5. The molecule has 3 N–H and O–H groups in total. The molecule has 2 aromatic rings. The molecule has 0 aliphatic rings. The fraction of sp³-hybridized carbons (Fsp3) is 0.316. The van der Waals surface area contributed by atoms with Gasteiger partial charge in [0.2, 0.25) is 5.91 Å². The molecule has 0 aliphatic carbocycles. The summed E-state index contributed by atoms with van der Waals surface area (Å²) in [5, 5.41) is 8.73. The normalized spacial score (nSPS) is 10.2. The highest BCUT2D eigenvalue weighted by molar-refractivity contribution is 6.04. The van der Waals surface area contributed by atoms with Crippen molar-refractivity contribution in [2.45, 2.75) is 33.1 Å². The third-order valence-corrected chi connectivity index (χ3v) is 3.58. The third-order valence-electron chi connectivity index (χ3n) is 3.58. The van der Waals surface area contributed by atoms with Gasteiger partial charge in [0.25, 0.3) is 5.91 Å². The fourth-order valence-corrected chi connectivity index (χ4v) is 2.27. The Bertz CT molecular complexity index is 696. The second-order valence-corrected chi connectivity index (χ2v) is 5.78. The molecule has 2 amide bonds. The number of carbonyl (C=O) groups is 2. The van der Waals surface area contributed by atoms with E-state index >= 15 is 0 Å². The summed E-state index contributed by atoms with van der Waals surface area (Å²) in [5.41, 5.74) is 1.83. The van der Waals surface area contributed by atoms with E-state index in [1.165, 1.54) is 19.8 Å². The van der Waals surface area contributed by atoms with Gasteiger partial charge in [-0.2, -0.15) is 0 Å². The molecule has 6 nitrogen and oxygen atoms in total. The highest BCUT2D eigenvalue weighted by atomic mass is 16.2. The minimum Gasteiger partial charge on any atom is -0.370 e. The molecule has 6 heteroatoms. The largest absolute Gasteiger partial charge is 0.370 e. The molecule has 0 atom stereocenters. The van der Waals surface area contributed by atoms with Gasteiger partial charge in [0.05, 0.1) is 5.56 Å². The zero-order chi connectivity index (χ0) is 18.1. The number of hydrogen-bond donors (Lipinski definition) is 3. The molecule has 0 bridgehead atoms. The number of rotatable bonds is 8. The van der Waals surface area contributed by atoms with Crippen molar-refractivity contribution in [2.75, 3.05) is 22.5 Å². The third kappa shape index (κ3) is 6.25. The molecule has 0 unspecified atom stereocenters. The molecule has 0 aliphatic heterocycles. The Balaban J connectivity index is 1.88. The summed E-state index contributed by atoms with van der Waals surface area (Å²) >= 11 is 0. The summed E-state index contributed by atoms with van der Waals surface area (Å²) in [6.07, 6.45) is 5.03. The zero-order valence-corrected chi connectivity index (χ0v) is 14.6. The number of nitrogens with one attached hydrogen (secondary N) is 3. The van der Waals surface area contributed by atoms with Crippen LogP contribution in [0.15, 0.2) is 42.6 Å². The molecule has 0 saturated carbocycles. The Morgan fingerprint density at radius 3 is 2.20 bits per heavy atom. The van der Waals surface area contributed by atoms with E-state index in [4.69, 9.17) is 0 Å². The van der Waals surface area contributed by atoms with E-state index in [9.17, 15) is 9.59 Å². The Kier molecular flexibility index (Phi) is 6.95. The van der Waals surface area contributed by atoms with E-state index in [-0.39, 0.29) is 11.8 Å². The smallest absolute Gasteiger partial charge is 0.257 e. The van der Waals surface area contributed by atoms with Crippen molar-refractivity contribution in [3.63, 3.8) is 0 Å². The van der Waals surface area contributed by atoms with Crippen molar-refractivity contribution >= 4 is 29.0 Å². The lowest BCUT2D eigenvalue weighted by atomic mass is 10.2. The maximum Gasteiger partial charge on any atom is 0.257 e. The highest BCUT2D eigenvalue weighted by Crippen LogP contribution is 2.15. The fourth-order valence-electron chi connectivity index (χ4n) is 2.27. The lowest BCUT2D eigenvalue weighted by molar-refractivity contribution is -0.114. The van der Waals surface area contributed by atoms with Crippen LogP contribution >= 0.6 is 0 Å². The maximum atomic E-state index is 12.2. The van der Waals surface area contributed by atoms with Crippen LogP contribution in [0.4, 0.5) is 17.2 Å². The lowest BCUT2D eigenvalue weighted by Gasteiger charge is -2.08. The van der Waals surface area contributed by atoms with Crippen LogP contribution in [0, 0.1) is 0 Å². The lowest BCUT2D eigenvalue weighted by Crippen LogP contribution is -2.13. The van der Waals surface area contributed by atoms with Gasteiger partial charge in [-0.1, -0.05) is 19.8 Å². The Labute approximate surface area is 148 Å². The summed E-state index contributed by atoms with van der Waals surface area (Å²) in [5.74, 6) is 0.413. The van der Waals surface area contributed by atoms with Gasteiger partial charge in [0.1, 0.15) is 5.82 Å². The van der Waals surface area contributed by atoms with Crippen molar-refractivity contribution in [3.8, 4) is 0 Å². The number of nitrogens with zero attached hydrogens (tertiary/aromatic N) is 1. The van der Waals surface area contributed by atoms with Crippen LogP contribution in [-0.4, -0.2) is 23.3 Å². The Morgan fingerprint density at radius 2 is 1.64 bits per heavy atom. The molecule has 2 rings (SSSR count). The van der Waals surface area contributed by atoms with Gasteiger partial charge in [0.15, 0.2) is 0 Å². The zero-order valence-electron chi connectivity index (χ0n) is 14.6. The number of anilines is 3. The van der Waals surface area contributed by atoms with E-state index in [1.807, 2.05) is 0 Å². The van der Waals surface area contributed by atoms with Gasteiger partial charge in [-0.25, -0.2) is 4.98 Å². The van der Waals surface area contributed by atoms with Crippen LogP contribution in [0.5, 0.6) is 0 Å². The molecule has 0 saturated heterocycles. The van der Waals surface area contributed by atoms with Gasteiger partial charge in [0, 0.05) is 31.0 Å². The second kappa shape index (κ2) is 9.42. The van der Waals surface area contributed by atoms with E-state index in [1.54, 1.807) is 42.6 Å². The first-order valence-electron chi connectivity index (χ1n) is 8.47. The molecular weight excluding hydrogens is 316 g/mol. The number of pyridine rings is 1. The topological polar surface area (TPSA) is 83.1 Å². The van der Waals surface area contributed by atoms with Crippen LogP contribution in [0.1, 0.15) is 43.5 Å². The van der Waals surface area contributed by atoms with Crippen molar-refractivity contribution in [2.24, 2.45) is 0 Å². The molecule has 1 aromatic heterocycles. The predicted molar refractivity (Wildman–Crippen MR) is 101 cm³/mol. The van der Waals surface area contributed by atoms with Gasteiger partial charge in [-0.3, -0.25) is 9.59 Å². The van der Waals surface area contributed by atoms with Gasteiger partial charge in [-0.15, -0.1) is 0 Å².